The quantitative estimate of drug-likeness (QED) is 0.297. The van der Waals surface area contributed by atoms with Gasteiger partial charge < -0.3 is 19.2 Å². The van der Waals surface area contributed by atoms with Gasteiger partial charge in [0.2, 0.25) is 0 Å². The van der Waals surface area contributed by atoms with Gasteiger partial charge in [-0.1, -0.05) is 0 Å². The van der Waals surface area contributed by atoms with E-state index in [0.29, 0.717) is 12.1 Å². The Kier molecular flexibility index (Phi) is 5.28. The van der Waals surface area contributed by atoms with Crippen LogP contribution in [-0.4, -0.2) is 17.7 Å². The van der Waals surface area contributed by atoms with E-state index in [9.17, 15) is 35.9 Å². The first-order valence-electron chi connectivity index (χ1n) is 8.49. The zero-order valence-corrected chi connectivity index (χ0v) is 15.8. The Morgan fingerprint density at radius 1 is 0.871 bits per heavy atom. The molecular weight excluding hydrogens is 436 g/mol. The van der Waals surface area contributed by atoms with E-state index < -0.39 is 52.5 Å². The first-order chi connectivity index (χ1) is 14.1. The Labute approximate surface area is 170 Å². The lowest BCUT2D eigenvalue weighted by molar-refractivity contribution is -0.222. The molecule has 0 unspecified atom stereocenters. The fraction of sp³-hybridized carbons (Fsp3) is 0.263. The normalized spacial score (nSPS) is 16.6. The molecule has 1 saturated heterocycles. The molecule has 0 atom stereocenters. The average molecular weight is 449 g/mol. The van der Waals surface area contributed by atoms with E-state index in [4.69, 9.17) is 13.9 Å². The summed E-state index contributed by atoms with van der Waals surface area (Å²) in [6.45, 7) is 2.69. The number of benzene rings is 1. The first kappa shape index (κ1) is 22.2. The summed E-state index contributed by atoms with van der Waals surface area (Å²) in [5, 5.41) is 2.29. The number of hydrogen-bond donors (Lipinski definition) is 1. The molecule has 0 spiro atoms. The van der Waals surface area contributed by atoms with Gasteiger partial charge in [-0.25, -0.2) is 9.59 Å². The molecule has 1 aromatic heterocycles. The number of alkyl halides is 6. The highest BCUT2D eigenvalue weighted by molar-refractivity contribution is 6.18. The van der Waals surface area contributed by atoms with Crippen LogP contribution in [0.25, 0.3) is 6.08 Å². The van der Waals surface area contributed by atoms with Gasteiger partial charge >= 0.3 is 24.3 Å². The van der Waals surface area contributed by atoms with Crippen molar-refractivity contribution >= 4 is 29.6 Å². The second-order valence-corrected chi connectivity index (χ2v) is 6.86. The van der Waals surface area contributed by atoms with E-state index in [-0.39, 0.29) is 17.7 Å². The highest BCUT2D eigenvalue weighted by atomic mass is 19.4. The number of rotatable bonds is 3. The summed E-state index contributed by atoms with van der Waals surface area (Å²) in [6.07, 6.45) is -9.05. The molecule has 1 N–H and O–H groups in total. The number of anilines is 2. The van der Waals surface area contributed by atoms with E-state index in [0.717, 1.165) is 6.08 Å². The van der Waals surface area contributed by atoms with Crippen LogP contribution in [0.3, 0.4) is 0 Å². The van der Waals surface area contributed by atoms with Gasteiger partial charge in [0.15, 0.2) is 5.88 Å². The van der Waals surface area contributed by atoms with Crippen LogP contribution in [0.2, 0.25) is 0 Å². The third-order valence-corrected chi connectivity index (χ3v) is 3.89. The minimum Gasteiger partial charge on any atom is -0.441 e. The molecule has 31 heavy (non-hydrogen) atoms. The smallest absolute Gasteiger partial charge is 0.416 e. The fourth-order valence-corrected chi connectivity index (χ4v) is 2.59. The highest BCUT2D eigenvalue weighted by Crippen LogP contribution is 2.38. The molecule has 2 aromatic rings. The lowest BCUT2D eigenvalue weighted by atomic mass is 10.1. The van der Waals surface area contributed by atoms with Crippen molar-refractivity contribution in [3.8, 4) is 0 Å². The average Bonchev–Trinajstić information content (AvgIpc) is 3.02. The molecule has 166 valence electrons. The van der Waals surface area contributed by atoms with Crippen LogP contribution < -0.4 is 5.32 Å². The Morgan fingerprint density at radius 3 is 1.87 bits per heavy atom. The van der Waals surface area contributed by atoms with Gasteiger partial charge in [-0.15, -0.1) is 0 Å². The van der Waals surface area contributed by atoms with E-state index in [1.165, 1.54) is 26.0 Å². The van der Waals surface area contributed by atoms with Crippen molar-refractivity contribution in [2.45, 2.75) is 32.0 Å². The number of hydrogen-bond acceptors (Lipinski definition) is 6. The summed E-state index contributed by atoms with van der Waals surface area (Å²) in [5.74, 6) is -3.77. The number of carbonyl (C=O) groups excluding carboxylic acids is 2. The topological polar surface area (TPSA) is 77.8 Å². The summed E-state index contributed by atoms with van der Waals surface area (Å²) in [4.78, 5) is 23.8. The maximum atomic E-state index is 13.0. The van der Waals surface area contributed by atoms with Crippen LogP contribution in [0.1, 0.15) is 30.7 Å². The van der Waals surface area contributed by atoms with Crippen LogP contribution in [0.5, 0.6) is 0 Å². The maximum Gasteiger partial charge on any atom is 0.416 e. The lowest BCUT2D eigenvalue weighted by Gasteiger charge is -2.29. The molecule has 0 saturated carbocycles. The summed E-state index contributed by atoms with van der Waals surface area (Å²) in [6, 6.07) is 3.36. The van der Waals surface area contributed by atoms with Crippen LogP contribution >= 0.6 is 0 Å². The van der Waals surface area contributed by atoms with Gasteiger partial charge in [-0.3, -0.25) is 0 Å². The molecule has 0 bridgehead atoms. The van der Waals surface area contributed by atoms with Crippen LogP contribution in [0, 0.1) is 0 Å². The molecule has 12 heteroatoms. The van der Waals surface area contributed by atoms with Crippen molar-refractivity contribution in [2.75, 3.05) is 5.32 Å². The molecular formula is C19H13F6NO5. The van der Waals surface area contributed by atoms with Gasteiger partial charge in [0.25, 0.3) is 5.79 Å². The lowest BCUT2D eigenvalue weighted by Crippen LogP contribution is -2.41. The van der Waals surface area contributed by atoms with Gasteiger partial charge in [0, 0.05) is 31.7 Å². The second-order valence-electron chi connectivity index (χ2n) is 6.86. The van der Waals surface area contributed by atoms with E-state index in [2.05, 4.69) is 5.32 Å². The molecule has 1 fully saturated rings. The highest BCUT2D eigenvalue weighted by Gasteiger charge is 2.39. The molecule has 0 aliphatic carbocycles. The minimum atomic E-state index is -5.01. The van der Waals surface area contributed by atoms with Crippen molar-refractivity contribution in [2.24, 2.45) is 0 Å². The minimum absolute atomic E-state index is 0.00897. The van der Waals surface area contributed by atoms with Crippen LogP contribution in [-0.2, 0) is 31.4 Å². The van der Waals surface area contributed by atoms with Gasteiger partial charge in [-0.2, -0.15) is 26.3 Å². The van der Waals surface area contributed by atoms with Crippen molar-refractivity contribution in [1.82, 2.24) is 0 Å². The third-order valence-electron chi connectivity index (χ3n) is 3.89. The van der Waals surface area contributed by atoms with Crippen molar-refractivity contribution in [3.63, 3.8) is 0 Å². The third kappa shape index (κ3) is 5.19. The van der Waals surface area contributed by atoms with Gasteiger partial charge in [-0.05, 0) is 24.3 Å². The van der Waals surface area contributed by atoms with Crippen molar-refractivity contribution in [1.29, 1.82) is 0 Å². The number of halogens is 6. The second kappa shape index (κ2) is 7.36. The Hall–Kier alpha value is -3.44. The van der Waals surface area contributed by atoms with Crippen molar-refractivity contribution in [3.05, 3.63) is 52.8 Å². The number of esters is 2. The summed E-state index contributed by atoms with van der Waals surface area (Å²) >= 11 is 0. The summed E-state index contributed by atoms with van der Waals surface area (Å²) in [5.41, 5.74) is -4.05. The van der Waals surface area contributed by atoms with Gasteiger partial charge in [0.05, 0.1) is 11.1 Å². The molecule has 2 heterocycles. The van der Waals surface area contributed by atoms with E-state index >= 15 is 0 Å². The molecule has 1 aliphatic rings. The number of furan rings is 1. The monoisotopic (exact) mass is 449 g/mol. The molecule has 3 rings (SSSR count). The van der Waals surface area contributed by atoms with E-state index in [1.807, 2.05) is 0 Å². The molecule has 0 radical (unpaired) electrons. The molecule has 1 aromatic carbocycles. The maximum absolute atomic E-state index is 13.0. The first-order valence-corrected chi connectivity index (χ1v) is 8.49. The Morgan fingerprint density at radius 2 is 1.39 bits per heavy atom. The fourth-order valence-electron chi connectivity index (χ4n) is 2.59. The van der Waals surface area contributed by atoms with Gasteiger partial charge in [0.1, 0.15) is 11.3 Å². The zero-order valence-electron chi connectivity index (χ0n) is 15.8. The Balaban J connectivity index is 1.88. The Bertz CT molecular complexity index is 1010. The number of cyclic esters (lactones) is 2. The molecule has 6 nitrogen and oxygen atoms in total. The SMILES string of the molecule is CC1(C)OC(=O)C(=Cc2ccc(Nc3cc(C(F)(F)F)cc(C(F)(F)F)c3)o2)C(=O)O1. The standard InChI is InChI=1S/C19H13F6NO5/c1-17(2)30-15(27)13(16(28)31-17)8-12-3-4-14(29-12)26-11-6-9(18(20,21)22)5-10(7-11)19(23,24)25/h3-8,26H,1-2H3. The van der Waals surface area contributed by atoms with E-state index in [1.54, 1.807) is 0 Å². The predicted molar refractivity (Wildman–Crippen MR) is 92.7 cm³/mol. The number of nitrogens with one attached hydrogen (secondary N) is 1. The van der Waals surface area contributed by atoms with Crippen molar-refractivity contribution < 1.29 is 49.8 Å². The molecule has 0 amide bonds. The summed E-state index contributed by atoms with van der Waals surface area (Å²) in [7, 11) is 0. The summed E-state index contributed by atoms with van der Waals surface area (Å²) < 4.78 is 92.7. The van der Waals surface area contributed by atoms with Crippen LogP contribution in [0.4, 0.5) is 37.9 Å². The molecule has 1 aliphatic heterocycles. The predicted octanol–water partition coefficient (Wildman–Crippen LogP) is 5.28. The number of ether oxygens (including phenoxy) is 2. The zero-order chi connectivity index (χ0) is 23.2. The largest absolute Gasteiger partial charge is 0.441 e. The number of carbonyl (C=O) groups is 2. The van der Waals surface area contributed by atoms with Crippen LogP contribution in [0.15, 0.2) is 40.3 Å².